The maximum atomic E-state index is 10.5. The first-order valence-corrected chi connectivity index (χ1v) is 8.94. The Morgan fingerprint density at radius 3 is 2.13 bits per heavy atom. The molecule has 0 heterocycles. The Morgan fingerprint density at radius 1 is 1.00 bits per heavy atom. The van der Waals surface area contributed by atoms with E-state index in [-0.39, 0.29) is 5.41 Å². The van der Waals surface area contributed by atoms with Crippen molar-refractivity contribution in [3.05, 3.63) is 29.3 Å². The predicted molar refractivity (Wildman–Crippen MR) is 99.6 cm³/mol. The largest absolute Gasteiger partial charge is 0.507 e. The summed E-state index contributed by atoms with van der Waals surface area (Å²) in [5.41, 5.74) is 2.18. The minimum Gasteiger partial charge on any atom is -0.507 e. The van der Waals surface area contributed by atoms with Gasteiger partial charge in [-0.3, -0.25) is 4.99 Å². The second-order valence-electron chi connectivity index (χ2n) is 9.14. The van der Waals surface area contributed by atoms with Gasteiger partial charge in [0.05, 0.1) is 0 Å². The van der Waals surface area contributed by atoms with Gasteiger partial charge in [0.15, 0.2) is 0 Å². The molecule has 0 aromatic heterocycles. The van der Waals surface area contributed by atoms with Crippen molar-refractivity contribution in [2.24, 2.45) is 16.3 Å². The number of aliphatic imine (C=N–C) groups is 1. The van der Waals surface area contributed by atoms with E-state index in [4.69, 9.17) is 4.99 Å². The highest BCUT2D eigenvalue weighted by Crippen LogP contribution is 2.38. The summed E-state index contributed by atoms with van der Waals surface area (Å²) in [5, 5.41) is 10.5. The SMILES string of the molecule is CC(C)(C)c1cccc(C=NC2CCC(C(C)(C)C)CC2)c1O. The summed E-state index contributed by atoms with van der Waals surface area (Å²) in [6.07, 6.45) is 6.74. The highest BCUT2D eigenvalue weighted by Gasteiger charge is 2.29. The monoisotopic (exact) mass is 315 g/mol. The standard InChI is InChI=1S/C21H33NO/c1-20(2,3)16-10-12-17(13-11-16)22-14-15-8-7-9-18(19(15)23)21(4,5)6/h7-9,14,16-17,23H,10-13H2,1-6H3. The molecule has 0 bridgehead atoms. The fourth-order valence-corrected chi connectivity index (χ4v) is 3.55. The summed E-state index contributed by atoms with van der Waals surface area (Å²) in [5.74, 6) is 1.19. The van der Waals surface area contributed by atoms with Gasteiger partial charge >= 0.3 is 0 Å². The molecule has 1 fully saturated rings. The van der Waals surface area contributed by atoms with E-state index in [1.54, 1.807) is 0 Å². The molecule has 1 aromatic rings. The third-order valence-corrected chi connectivity index (χ3v) is 5.22. The summed E-state index contributed by atoms with van der Waals surface area (Å²) in [4.78, 5) is 4.77. The zero-order valence-corrected chi connectivity index (χ0v) is 15.7. The van der Waals surface area contributed by atoms with Crippen LogP contribution in [0.15, 0.2) is 23.2 Å². The highest BCUT2D eigenvalue weighted by atomic mass is 16.3. The molecule has 0 spiro atoms. The topological polar surface area (TPSA) is 32.6 Å². The Morgan fingerprint density at radius 2 is 1.61 bits per heavy atom. The van der Waals surface area contributed by atoms with Gasteiger partial charge in [0.25, 0.3) is 0 Å². The van der Waals surface area contributed by atoms with Crippen LogP contribution in [0.25, 0.3) is 0 Å². The average molecular weight is 316 g/mol. The van der Waals surface area contributed by atoms with Crippen LogP contribution < -0.4 is 0 Å². The van der Waals surface area contributed by atoms with Gasteiger partial charge < -0.3 is 5.11 Å². The van der Waals surface area contributed by atoms with Crippen LogP contribution >= 0.6 is 0 Å². The molecule has 0 unspecified atom stereocenters. The van der Waals surface area contributed by atoms with Crippen LogP contribution in [-0.2, 0) is 5.41 Å². The maximum absolute atomic E-state index is 10.5. The third kappa shape index (κ3) is 4.59. The van der Waals surface area contributed by atoms with Crippen molar-refractivity contribution in [1.82, 2.24) is 0 Å². The van der Waals surface area contributed by atoms with Gasteiger partial charge in [-0.05, 0) is 54.1 Å². The van der Waals surface area contributed by atoms with E-state index in [0.717, 1.165) is 29.9 Å². The molecule has 128 valence electrons. The average Bonchev–Trinajstić information content (AvgIpc) is 2.44. The Labute approximate surface area is 142 Å². The van der Waals surface area contributed by atoms with Crippen LogP contribution in [-0.4, -0.2) is 17.4 Å². The quantitative estimate of drug-likeness (QED) is 0.696. The molecular weight excluding hydrogens is 282 g/mol. The Kier molecular flexibility index (Phi) is 5.23. The molecule has 1 aliphatic rings. The number of aromatic hydroxyl groups is 1. The maximum Gasteiger partial charge on any atom is 0.128 e. The lowest BCUT2D eigenvalue weighted by atomic mass is 9.71. The van der Waals surface area contributed by atoms with Gasteiger partial charge in [-0.1, -0.05) is 53.7 Å². The van der Waals surface area contributed by atoms with Crippen LogP contribution in [0.4, 0.5) is 0 Å². The van der Waals surface area contributed by atoms with Gasteiger partial charge in [0.1, 0.15) is 5.75 Å². The molecule has 0 aliphatic heterocycles. The fourth-order valence-electron chi connectivity index (χ4n) is 3.55. The second-order valence-corrected chi connectivity index (χ2v) is 9.14. The molecule has 0 radical (unpaired) electrons. The number of nitrogens with zero attached hydrogens (tertiary/aromatic N) is 1. The molecule has 2 nitrogen and oxygen atoms in total. The van der Waals surface area contributed by atoms with Crippen LogP contribution in [0, 0.1) is 11.3 Å². The van der Waals surface area contributed by atoms with Gasteiger partial charge in [-0.15, -0.1) is 0 Å². The number of phenols is 1. The van der Waals surface area contributed by atoms with Crippen molar-refractivity contribution in [2.45, 2.75) is 78.7 Å². The van der Waals surface area contributed by atoms with Gasteiger partial charge in [-0.25, -0.2) is 0 Å². The number of para-hydroxylation sites is 1. The number of benzene rings is 1. The van der Waals surface area contributed by atoms with E-state index in [9.17, 15) is 5.11 Å². The molecular formula is C21H33NO. The number of hydrogen-bond acceptors (Lipinski definition) is 2. The Bertz CT molecular complexity index is 552. The van der Waals surface area contributed by atoms with Crippen LogP contribution in [0.5, 0.6) is 5.75 Å². The van der Waals surface area contributed by atoms with E-state index in [0.29, 0.717) is 17.2 Å². The highest BCUT2D eigenvalue weighted by molar-refractivity contribution is 5.84. The second kappa shape index (κ2) is 6.67. The normalized spacial score (nSPS) is 23.4. The summed E-state index contributed by atoms with van der Waals surface area (Å²) in [6, 6.07) is 6.38. The zero-order chi connectivity index (χ0) is 17.3. The van der Waals surface area contributed by atoms with Gasteiger partial charge in [-0.2, -0.15) is 0 Å². The molecule has 23 heavy (non-hydrogen) atoms. The number of phenolic OH excluding ortho intramolecular Hbond substituents is 1. The number of rotatable bonds is 2. The van der Waals surface area contributed by atoms with Crippen molar-refractivity contribution in [3.8, 4) is 5.75 Å². The molecule has 2 rings (SSSR count). The minimum atomic E-state index is -0.0568. The van der Waals surface area contributed by atoms with Crippen molar-refractivity contribution in [3.63, 3.8) is 0 Å². The van der Waals surface area contributed by atoms with E-state index in [2.05, 4.69) is 41.5 Å². The van der Waals surface area contributed by atoms with Crippen molar-refractivity contribution in [2.75, 3.05) is 0 Å². The molecule has 1 aliphatic carbocycles. The number of hydrogen-bond donors (Lipinski definition) is 1. The predicted octanol–water partition coefficient (Wildman–Crippen LogP) is 5.71. The minimum absolute atomic E-state index is 0.0568. The zero-order valence-electron chi connectivity index (χ0n) is 15.7. The molecule has 2 heteroatoms. The lowest BCUT2D eigenvalue weighted by molar-refractivity contribution is 0.170. The molecule has 1 saturated carbocycles. The summed E-state index contributed by atoms with van der Waals surface area (Å²) in [6.45, 7) is 13.4. The van der Waals surface area contributed by atoms with Gasteiger partial charge in [0.2, 0.25) is 0 Å². The van der Waals surface area contributed by atoms with Crippen molar-refractivity contribution >= 4 is 6.21 Å². The van der Waals surface area contributed by atoms with Crippen molar-refractivity contribution in [1.29, 1.82) is 0 Å². The molecule has 0 atom stereocenters. The Hall–Kier alpha value is -1.31. The molecule has 1 aromatic carbocycles. The molecule has 1 N–H and O–H groups in total. The molecule has 0 saturated heterocycles. The lowest BCUT2D eigenvalue weighted by Gasteiger charge is -2.35. The van der Waals surface area contributed by atoms with Crippen LogP contribution in [0.3, 0.4) is 0 Å². The molecule has 0 amide bonds. The Balaban J connectivity index is 2.05. The van der Waals surface area contributed by atoms with E-state index < -0.39 is 0 Å². The smallest absolute Gasteiger partial charge is 0.128 e. The van der Waals surface area contributed by atoms with Crippen LogP contribution in [0.2, 0.25) is 0 Å². The first-order chi connectivity index (χ1) is 10.6. The summed E-state index contributed by atoms with van der Waals surface area (Å²) >= 11 is 0. The summed E-state index contributed by atoms with van der Waals surface area (Å²) in [7, 11) is 0. The van der Waals surface area contributed by atoms with Crippen LogP contribution in [0.1, 0.15) is 78.4 Å². The lowest BCUT2D eigenvalue weighted by Crippen LogP contribution is -2.27. The van der Waals surface area contributed by atoms with Gasteiger partial charge in [0, 0.05) is 17.8 Å². The van der Waals surface area contributed by atoms with E-state index in [1.165, 1.54) is 12.8 Å². The fraction of sp³-hybridized carbons (Fsp3) is 0.667. The third-order valence-electron chi connectivity index (χ3n) is 5.22. The van der Waals surface area contributed by atoms with E-state index in [1.807, 2.05) is 24.4 Å². The van der Waals surface area contributed by atoms with E-state index >= 15 is 0 Å². The first-order valence-electron chi connectivity index (χ1n) is 8.94. The summed E-state index contributed by atoms with van der Waals surface area (Å²) < 4.78 is 0. The first kappa shape index (κ1) is 18.0. The van der Waals surface area contributed by atoms with Crippen molar-refractivity contribution < 1.29 is 5.11 Å².